The normalized spacial score (nSPS) is 21.7. The van der Waals surface area contributed by atoms with Crippen LogP contribution < -0.4 is 5.32 Å². The van der Waals surface area contributed by atoms with Gasteiger partial charge in [0.2, 0.25) is 5.13 Å². The van der Waals surface area contributed by atoms with E-state index in [1.54, 1.807) is 11.3 Å². The lowest BCUT2D eigenvalue weighted by Crippen LogP contribution is -2.39. The highest BCUT2D eigenvalue weighted by Crippen LogP contribution is 2.53. The summed E-state index contributed by atoms with van der Waals surface area (Å²) in [5.41, 5.74) is 0.277. The van der Waals surface area contributed by atoms with E-state index >= 15 is 0 Å². The Kier molecular flexibility index (Phi) is 2.28. The molecule has 0 spiro atoms. The Morgan fingerprint density at radius 2 is 1.87 bits per heavy atom. The Labute approximate surface area is 102 Å². The van der Waals surface area contributed by atoms with Gasteiger partial charge >= 0.3 is 0 Å². The van der Waals surface area contributed by atoms with Crippen molar-refractivity contribution in [3.8, 4) is 0 Å². The maximum atomic E-state index is 4.13. The smallest absolute Gasteiger partial charge is 0.206 e. The summed E-state index contributed by atoms with van der Waals surface area (Å²) in [7, 11) is 0. The molecule has 1 aromatic rings. The zero-order valence-corrected chi connectivity index (χ0v) is 11.1. The molecule has 1 N–H and O–H groups in total. The molecule has 82 valence electrons. The second-order valence-corrected chi connectivity index (χ2v) is 7.07. The molecule has 2 aliphatic rings. The van der Waals surface area contributed by atoms with E-state index in [4.69, 9.17) is 0 Å². The first-order valence-corrected chi connectivity index (χ1v) is 7.06. The molecule has 0 saturated heterocycles. The highest BCUT2D eigenvalue weighted by Gasteiger charge is 2.51. The van der Waals surface area contributed by atoms with Crippen LogP contribution in [0.25, 0.3) is 0 Å². The predicted octanol–water partition coefficient (Wildman–Crippen LogP) is 3.29. The van der Waals surface area contributed by atoms with Gasteiger partial charge in [-0.3, -0.25) is 0 Å². The van der Waals surface area contributed by atoms with E-state index in [9.17, 15) is 0 Å². The summed E-state index contributed by atoms with van der Waals surface area (Å²) in [6, 6.07) is 0. The van der Waals surface area contributed by atoms with E-state index in [1.165, 1.54) is 25.7 Å². The molecule has 5 heteroatoms. The van der Waals surface area contributed by atoms with Crippen molar-refractivity contribution in [2.45, 2.75) is 38.1 Å². The van der Waals surface area contributed by atoms with Crippen LogP contribution in [0.15, 0.2) is 3.92 Å². The minimum atomic E-state index is 0.277. The third-order valence-electron chi connectivity index (χ3n) is 3.63. The Bertz CT molecular complexity index is 358. The number of anilines is 1. The lowest BCUT2D eigenvalue weighted by Gasteiger charge is -2.30. The number of halogens is 1. The van der Waals surface area contributed by atoms with Crippen LogP contribution in [0.2, 0.25) is 0 Å². The first-order chi connectivity index (χ1) is 7.18. The summed E-state index contributed by atoms with van der Waals surface area (Å²) in [5.74, 6) is 1.71. The van der Waals surface area contributed by atoms with Crippen LogP contribution in [-0.4, -0.2) is 15.7 Å². The average molecular weight is 288 g/mol. The molecule has 0 radical (unpaired) electrons. The van der Waals surface area contributed by atoms with Gasteiger partial charge in [0.25, 0.3) is 0 Å². The summed E-state index contributed by atoms with van der Waals surface area (Å²) in [5, 5.41) is 12.7. The third-order valence-corrected chi connectivity index (χ3v) is 4.90. The second kappa shape index (κ2) is 3.42. The fourth-order valence-corrected chi connectivity index (χ4v) is 3.52. The van der Waals surface area contributed by atoms with Crippen LogP contribution in [0.5, 0.6) is 0 Å². The van der Waals surface area contributed by atoms with Gasteiger partial charge in [-0.25, -0.2) is 0 Å². The first kappa shape index (κ1) is 10.0. The summed E-state index contributed by atoms with van der Waals surface area (Å²) in [6.45, 7) is 2.36. The van der Waals surface area contributed by atoms with Gasteiger partial charge < -0.3 is 5.32 Å². The fraction of sp³-hybridized carbons (Fsp3) is 0.800. The van der Waals surface area contributed by atoms with Gasteiger partial charge in [0, 0.05) is 5.54 Å². The summed E-state index contributed by atoms with van der Waals surface area (Å²) in [6.07, 6.45) is 5.50. The zero-order chi connectivity index (χ0) is 10.5. The molecule has 3 rings (SSSR count). The van der Waals surface area contributed by atoms with Gasteiger partial charge in [-0.2, -0.15) is 0 Å². The van der Waals surface area contributed by atoms with E-state index in [0.29, 0.717) is 0 Å². The molecule has 15 heavy (non-hydrogen) atoms. The quantitative estimate of drug-likeness (QED) is 0.923. The monoisotopic (exact) mass is 287 g/mol. The van der Waals surface area contributed by atoms with E-state index in [0.717, 1.165) is 20.9 Å². The average Bonchev–Trinajstić information content (AvgIpc) is 3.05. The maximum Gasteiger partial charge on any atom is 0.206 e. The summed E-state index contributed by atoms with van der Waals surface area (Å²) < 4.78 is 0.860. The van der Waals surface area contributed by atoms with Gasteiger partial charge in [-0.15, -0.1) is 10.2 Å². The zero-order valence-electron chi connectivity index (χ0n) is 8.66. The van der Waals surface area contributed by atoms with E-state index < -0.39 is 0 Å². The highest BCUT2D eigenvalue weighted by molar-refractivity contribution is 9.11. The number of aromatic nitrogens is 2. The van der Waals surface area contributed by atoms with E-state index in [-0.39, 0.29) is 5.54 Å². The largest absolute Gasteiger partial charge is 0.354 e. The molecular weight excluding hydrogens is 274 g/mol. The van der Waals surface area contributed by atoms with Crippen molar-refractivity contribution >= 4 is 32.4 Å². The van der Waals surface area contributed by atoms with Crippen LogP contribution in [0.4, 0.5) is 5.13 Å². The van der Waals surface area contributed by atoms with Crippen molar-refractivity contribution in [1.29, 1.82) is 0 Å². The van der Waals surface area contributed by atoms with Gasteiger partial charge in [0.1, 0.15) is 0 Å². The molecule has 3 nitrogen and oxygen atoms in total. The third kappa shape index (κ3) is 1.91. The van der Waals surface area contributed by atoms with Crippen molar-refractivity contribution in [1.82, 2.24) is 10.2 Å². The van der Waals surface area contributed by atoms with Crippen molar-refractivity contribution in [3.63, 3.8) is 0 Å². The molecule has 1 heterocycles. The minimum absolute atomic E-state index is 0.277. The van der Waals surface area contributed by atoms with Crippen molar-refractivity contribution in [2.24, 2.45) is 11.8 Å². The topological polar surface area (TPSA) is 37.8 Å². The number of nitrogens with one attached hydrogen (secondary N) is 1. The molecule has 1 aromatic heterocycles. The summed E-state index contributed by atoms with van der Waals surface area (Å²) >= 11 is 4.94. The Hall–Kier alpha value is -0.160. The second-order valence-electron chi connectivity index (χ2n) is 4.82. The van der Waals surface area contributed by atoms with Crippen molar-refractivity contribution in [2.75, 3.05) is 5.32 Å². The number of rotatable bonds is 4. The lowest BCUT2D eigenvalue weighted by molar-refractivity contribution is 0.392. The van der Waals surface area contributed by atoms with Crippen molar-refractivity contribution in [3.05, 3.63) is 3.92 Å². The summed E-state index contributed by atoms with van der Waals surface area (Å²) in [4.78, 5) is 0. The van der Waals surface area contributed by atoms with Gasteiger partial charge in [-0.05, 0) is 60.4 Å². The number of hydrogen-bond acceptors (Lipinski definition) is 4. The standard InChI is InChI=1S/C10H14BrN3S/c1-10(6-2-3-6,7-4-5-7)12-9-14-13-8(11)15-9/h6-7H,2-5H2,1H3,(H,12,14). The Balaban J connectivity index is 1.78. The lowest BCUT2D eigenvalue weighted by atomic mass is 9.90. The molecular formula is C10H14BrN3S. The molecule has 0 atom stereocenters. The number of nitrogens with zero attached hydrogens (tertiary/aromatic N) is 2. The van der Waals surface area contributed by atoms with Crippen LogP contribution in [0.1, 0.15) is 32.6 Å². The SMILES string of the molecule is CC(Nc1nnc(Br)s1)(C1CC1)C1CC1. The number of hydrogen-bond donors (Lipinski definition) is 1. The van der Waals surface area contributed by atoms with E-state index in [1.807, 2.05) is 0 Å². The molecule has 2 aliphatic carbocycles. The van der Waals surface area contributed by atoms with Crippen molar-refractivity contribution < 1.29 is 0 Å². The molecule has 0 aromatic carbocycles. The Morgan fingerprint density at radius 1 is 1.27 bits per heavy atom. The van der Waals surface area contributed by atoms with Gasteiger partial charge in [0.05, 0.1) is 0 Å². The Morgan fingerprint density at radius 3 is 2.27 bits per heavy atom. The molecule has 0 bridgehead atoms. The molecule has 2 saturated carbocycles. The van der Waals surface area contributed by atoms with E-state index in [2.05, 4.69) is 38.4 Å². The minimum Gasteiger partial charge on any atom is -0.354 e. The molecule has 0 amide bonds. The van der Waals surface area contributed by atoms with Crippen LogP contribution >= 0.6 is 27.3 Å². The van der Waals surface area contributed by atoms with Crippen LogP contribution in [-0.2, 0) is 0 Å². The molecule has 2 fully saturated rings. The highest BCUT2D eigenvalue weighted by atomic mass is 79.9. The van der Waals surface area contributed by atoms with Crippen LogP contribution in [0.3, 0.4) is 0 Å². The molecule has 0 unspecified atom stereocenters. The molecule has 0 aliphatic heterocycles. The predicted molar refractivity (Wildman–Crippen MR) is 65.1 cm³/mol. The van der Waals surface area contributed by atoms with Crippen LogP contribution in [0, 0.1) is 11.8 Å². The van der Waals surface area contributed by atoms with Gasteiger partial charge in [-0.1, -0.05) is 11.3 Å². The maximum absolute atomic E-state index is 4.13. The van der Waals surface area contributed by atoms with Gasteiger partial charge in [0.15, 0.2) is 3.92 Å². The fourth-order valence-electron chi connectivity index (χ4n) is 2.39. The first-order valence-electron chi connectivity index (χ1n) is 5.45.